The van der Waals surface area contributed by atoms with Gasteiger partial charge < -0.3 is 28.5 Å². The van der Waals surface area contributed by atoms with Gasteiger partial charge in [0.15, 0.2) is 0 Å². The molecule has 0 aliphatic heterocycles. The molecule has 0 spiro atoms. The summed E-state index contributed by atoms with van der Waals surface area (Å²) >= 11 is 0. The molecule has 10 heteroatoms. The van der Waals surface area contributed by atoms with E-state index in [1.165, 1.54) is 173 Å². The molecule has 0 bridgehead atoms. The topological polar surface area (TPSA) is 114 Å². The number of unbranched alkanes of at least 4 members (excludes halogenated alkanes) is 35. The number of hydrogen-bond donors (Lipinski definition) is 1. The molecule has 0 aromatic heterocycles. The van der Waals surface area contributed by atoms with Crippen molar-refractivity contribution in [1.82, 2.24) is 5.32 Å². The van der Waals surface area contributed by atoms with Crippen molar-refractivity contribution in [2.75, 3.05) is 40.9 Å². The largest absolute Gasteiger partial charge is 0.756 e. The second kappa shape index (κ2) is 67.6. The number of ether oxygens (including phenoxy) is 1. The van der Waals surface area contributed by atoms with Gasteiger partial charge in [-0.25, -0.2) is 0 Å². The maximum absolute atomic E-state index is 13.6. The van der Waals surface area contributed by atoms with Crippen LogP contribution in [0.3, 0.4) is 0 Å². The van der Waals surface area contributed by atoms with Crippen LogP contribution in [0.4, 0.5) is 0 Å². The van der Waals surface area contributed by atoms with E-state index in [9.17, 15) is 19.0 Å². The summed E-state index contributed by atoms with van der Waals surface area (Å²) < 4.78 is 30.5. The fourth-order valence-corrected chi connectivity index (χ4v) is 11.2. The maximum atomic E-state index is 13.6. The molecule has 89 heavy (non-hydrogen) atoms. The smallest absolute Gasteiger partial charge is 0.306 e. The highest BCUT2D eigenvalue weighted by Crippen LogP contribution is 2.38. The molecule has 0 aliphatic rings. The van der Waals surface area contributed by atoms with Crippen molar-refractivity contribution in [3.63, 3.8) is 0 Å². The Balaban J connectivity index is 5.11. The van der Waals surface area contributed by atoms with Crippen LogP contribution in [0.25, 0.3) is 0 Å². The Kier molecular flexibility index (Phi) is 65.0. The first kappa shape index (κ1) is 85.7. The van der Waals surface area contributed by atoms with Gasteiger partial charge in [0.2, 0.25) is 5.91 Å². The molecular formula is C79H141N2O7P. The van der Waals surface area contributed by atoms with Crippen LogP contribution in [0.15, 0.2) is 109 Å². The zero-order valence-corrected chi connectivity index (χ0v) is 59.8. The van der Waals surface area contributed by atoms with Gasteiger partial charge in [-0.1, -0.05) is 304 Å². The molecule has 1 N–H and O–H groups in total. The van der Waals surface area contributed by atoms with Gasteiger partial charge in [0, 0.05) is 12.8 Å². The van der Waals surface area contributed by atoms with E-state index >= 15 is 0 Å². The minimum Gasteiger partial charge on any atom is -0.756 e. The number of nitrogens with zero attached hydrogens (tertiary/aromatic N) is 1. The first-order chi connectivity index (χ1) is 43.4. The van der Waals surface area contributed by atoms with Crippen LogP contribution in [0.2, 0.25) is 0 Å². The van der Waals surface area contributed by atoms with E-state index in [1.54, 1.807) is 0 Å². The number of carbonyl (C=O) groups excluding carboxylic acids is 2. The Hall–Kier alpha value is -3.33. The summed E-state index contributed by atoms with van der Waals surface area (Å²) in [5.74, 6) is -0.551. The van der Waals surface area contributed by atoms with E-state index in [-0.39, 0.29) is 24.9 Å². The average Bonchev–Trinajstić information content (AvgIpc) is 3.67. The summed E-state index contributed by atoms with van der Waals surface area (Å²) in [6, 6.07) is -0.903. The SMILES string of the molecule is CCCCC/C=C\C/C=C\C/C=C\C/C=C\CCCCCCCCCCCC(=O)NC(COP(=O)([O-])OCC[N+](C)(C)C)C(/C=C/CCCCCCCCCCCCC)OC(=O)CCCCCCCCCCC/C=C\C/C=C\C/C=C\C/C=C\CCCCC. The van der Waals surface area contributed by atoms with Crippen LogP contribution < -0.4 is 10.2 Å². The molecule has 0 aliphatic carbocycles. The molecule has 0 saturated heterocycles. The highest BCUT2D eigenvalue weighted by atomic mass is 31.2. The Morgan fingerprint density at radius 3 is 1.04 bits per heavy atom. The zero-order valence-electron chi connectivity index (χ0n) is 58.9. The molecule has 0 aromatic carbocycles. The third-order valence-corrected chi connectivity index (χ3v) is 17.1. The first-order valence-corrected chi connectivity index (χ1v) is 38.7. The fourth-order valence-electron chi connectivity index (χ4n) is 10.4. The number of phosphoric ester groups is 1. The van der Waals surface area contributed by atoms with Gasteiger partial charge in [0.1, 0.15) is 19.3 Å². The summed E-state index contributed by atoms with van der Waals surface area (Å²) in [5.41, 5.74) is 0. The molecule has 3 atom stereocenters. The van der Waals surface area contributed by atoms with E-state index in [4.69, 9.17) is 13.8 Å². The second-order valence-corrected chi connectivity index (χ2v) is 27.5. The standard InChI is InChI=1S/C79H141N2O7P/c1-7-10-13-16-19-22-25-28-30-32-34-36-38-40-42-44-46-48-50-53-56-59-62-65-68-71-78(82)80-76(75-87-89(84,85)86-74-73-81(4,5)6)77(70-67-64-61-58-55-52-27-24-21-18-15-12-9-3)88-79(83)72-69-66-63-60-57-54-51-49-47-45-43-41-39-37-35-33-31-29-26-23-20-17-14-11-8-2/h19-20,22-23,28-31,34-37,40-43,67,70,76-77H,7-18,21,24-27,32-33,38-39,44-66,68-69,71-75H2,1-6H3,(H-,80,82,84,85)/b22-19-,23-20-,30-28-,31-29-,36-34-,37-35-,42-40-,43-41-,70-67+. The summed E-state index contributed by atoms with van der Waals surface area (Å²) in [6.07, 6.45) is 93.5. The summed E-state index contributed by atoms with van der Waals surface area (Å²) in [6.45, 7) is 6.80. The quantitative estimate of drug-likeness (QED) is 0.0212. The lowest BCUT2D eigenvalue weighted by Crippen LogP contribution is -2.47. The van der Waals surface area contributed by atoms with Gasteiger partial charge in [0.25, 0.3) is 7.82 Å². The molecular weight excluding hydrogens is 1120 g/mol. The van der Waals surface area contributed by atoms with Crippen LogP contribution in [-0.4, -0.2) is 69.4 Å². The van der Waals surface area contributed by atoms with Crippen molar-refractivity contribution >= 4 is 19.7 Å². The van der Waals surface area contributed by atoms with Crippen molar-refractivity contribution in [3.05, 3.63) is 109 Å². The average molecular weight is 1260 g/mol. The van der Waals surface area contributed by atoms with Crippen LogP contribution >= 0.6 is 7.82 Å². The molecule has 0 saturated carbocycles. The Labute approximate surface area is 551 Å². The summed E-state index contributed by atoms with van der Waals surface area (Å²) in [4.78, 5) is 40.3. The number of phosphoric acid groups is 1. The second-order valence-electron chi connectivity index (χ2n) is 26.1. The molecule has 1 amide bonds. The third-order valence-electron chi connectivity index (χ3n) is 16.2. The van der Waals surface area contributed by atoms with Crippen molar-refractivity contribution < 1.29 is 37.3 Å². The minimum absolute atomic E-state index is 0.0291. The van der Waals surface area contributed by atoms with Crippen LogP contribution in [0.5, 0.6) is 0 Å². The number of esters is 1. The summed E-state index contributed by atoms with van der Waals surface area (Å²) in [5, 5.41) is 3.04. The van der Waals surface area contributed by atoms with Gasteiger partial charge in [-0.2, -0.15) is 0 Å². The van der Waals surface area contributed by atoms with Gasteiger partial charge in [-0.15, -0.1) is 0 Å². The predicted molar refractivity (Wildman–Crippen MR) is 385 cm³/mol. The predicted octanol–water partition coefficient (Wildman–Crippen LogP) is 23.4. The molecule has 0 rings (SSSR count). The number of carbonyl (C=O) groups is 2. The molecule has 3 unspecified atom stereocenters. The van der Waals surface area contributed by atoms with Crippen molar-refractivity contribution in [1.29, 1.82) is 0 Å². The first-order valence-electron chi connectivity index (χ1n) is 37.2. The number of amides is 1. The number of allylic oxidation sites excluding steroid dienone is 17. The van der Waals surface area contributed by atoms with E-state index in [2.05, 4.69) is 123 Å². The zero-order chi connectivity index (χ0) is 64.9. The lowest BCUT2D eigenvalue weighted by molar-refractivity contribution is -0.870. The normalized spacial score (nSPS) is 14.1. The molecule has 9 nitrogen and oxygen atoms in total. The van der Waals surface area contributed by atoms with Gasteiger partial charge >= 0.3 is 5.97 Å². The summed E-state index contributed by atoms with van der Waals surface area (Å²) in [7, 11) is 1.17. The van der Waals surface area contributed by atoms with Crippen LogP contribution in [0, 0.1) is 0 Å². The number of rotatable bonds is 67. The van der Waals surface area contributed by atoms with Gasteiger partial charge in [-0.05, 0) is 122 Å². The van der Waals surface area contributed by atoms with Gasteiger partial charge in [-0.3, -0.25) is 14.2 Å². The molecule has 514 valence electrons. The van der Waals surface area contributed by atoms with E-state index < -0.39 is 26.6 Å². The number of likely N-dealkylation sites (N-methyl/N-ethyl adjacent to an activating group) is 1. The van der Waals surface area contributed by atoms with E-state index in [1.807, 2.05) is 33.3 Å². The Bertz CT molecular complexity index is 1890. The third kappa shape index (κ3) is 68.9. The van der Waals surface area contributed by atoms with Gasteiger partial charge in [0.05, 0.1) is 33.8 Å². The van der Waals surface area contributed by atoms with E-state index in [0.29, 0.717) is 17.4 Å². The van der Waals surface area contributed by atoms with Crippen molar-refractivity contribution in [3.8, 4) is 0 Å². The van der Waals surface area contributed by atoms with Crippen LogP contribution in [-0.2, 0) is 27.9 Å². The number of quaternary nitrogens is 1. The van der Waals surface area contributed by atoms with Crippen molar-refractivity contribution in [2.45, 2.75) is 341 Å². The number of nitrogens with one attached hydrogen (secondary N) is 1. The minimum atomic E-state index is -4.72. The lowest BCUT2D eigenvalue weighted by atomic mass is 10.0. The Morgan fingerprint density at radius 1 is 0.393 bits per heavy atom. The molecule has 0 aromatic rings. The fraction of sp³-hybridized carbons (Fsp3) is 0.747. The Morgan fingerprint density at radius 2 is 0.685 bits per heavy atom. The van der Waals surface area contributed by atoms with E-state index in [0.717, 1.165) is 122 Å². The van der Waals surface area contributed by atoms with Crippen LogP contribution in [0.1, 0.15) is 329 Å². The maximum Gasteiger partial charge on any atom is 0.306 e. The number of hydrogen-bond acceptors (Lipinski definition) is 7. The molecule has 0 radical (unpaired) electrons. The highest BCUT2D eigenvalue weighted by Gasteiger charge is 2.27. The molecule has 0 heterocycles. The van der Waals surface area contributed by atoms with Crippen molar-refractivity contribution in [2.24, 2.45) is 0 Å². The highest BCUT2D eigenvalue weighted by molar-refractivity contribution is 7.45. The monoisotopic (exact) mass is 1260 g/mol. The lowest BCUT2D eigenvalue weighted by Gasteiger charge is -2.30. The molecule has 0 fully saturated rings.